The van der Waals surface area contributed by atoms with Gasteiger partial charge in [0.05, 0.1) is 4.43 Å². The number of carbonyl (C=O) groups excluding carboxylic acids is 1. The maximum atomic E-state index is 10.4. The summed E-state index contributed by atoms with van der Waals surface area (Å²) in [6.45, 7) is 0. The molecule has 0 radical (unpaired) electrons. The molecule has 0 spiro atoms. The minimum atomic E-state index is -0.150. The number of hydrazine groups is 1. The predicted octanol–water partition coefficient (Wildman–Crippen LogP) is -0.714. The number of amides is 1. The molecule has 6 heteroatoms. The van der Waals surface area contributed by atoms with E-state index in [1.165, 1.54) is 0 Å². The minimum absolute atomic E-state index is 0.0631. The molecule has 4 nitrogen and oxygen atoms in total. The number of halogens is 1. The summed E-state index contributed by atoms with van der Waals surface area (Å²) >= 11 is 6.34. The fourth-order valence-electron chi connectivity index (χ4n) is 0.165. The Morgan fingerprint density at radius 3 is 2.56 bits per heavy atom. The van der Waals surface area contributed by atoms with E-state index in [1.54, 1.807) is 0 Å². The smallest absolute Gasteiger partial charge is 0.248 e. The fourth-order valence-corrected chi connectivity index (χ4v) is 0.406. The number of hydrogen-bond donors (Lipinski definition) is 3. The predicted molar refractivity (Wildman–Crippen MR) is 47.0 cm³/mol. The maximum absolute atomic E-state index is 10.4. The average Bonchev–Trinajstić information content (AvgIpc) is 1.83. The first-order chi connectivity index (χ1) is 4.16. The van der Waals surface area contributed by atoms with Gasteiger partial charge in [-0.05, 0) is 12.2 Å². The second kappa shape index (κ2) is 4.74. The second-order valence-electron chi connectivity index (χ2n) is 1.17. The highest BCUT2D eigenvalue weighted by atomic mass is 127. The summed E-state index contributed by atoms with van der Waals surface area (Å²) in [7, 11) is 0. The maximum Gasteiger partial charge on any atom is 0.248 e. The minimum Gasteiger partial charge on any atom is -0.375 e. The Bertz CT molecular complexity index is 128. The zero-order valence-electron chi connectivity index (χ0n) is 4.48. The molecular formula is C3H6IN3OS. The molecule has 0 bridgehead atoms. The summed E-state index contributed by atoms with van der Waals surface area (Å²) in [5, 5.41) is 0.0631. The first kappa shape index (κ1) is 8.89. The molecule has 4 N–H and O–H groups in total. The quantitative estimate of drug-likeness (QED) is 0.252. The Labute approximate surface area is 71.7 Å². The number of rotatable bonds is 1. The molecule has 52 valence electrons. The van der Waals surface area contributed by atoms with Gasteiger partial charge < -0.3 is 5.73 Å². The van der Waals surface area contributed by atoms with Gasteiger partial charge in [-0.3, -0.25) is 15.6 Å². The summed E-state index contributed by atoms with van der Waals surface area (Å²) in [4.78, 5) is 10.4. The van der Waals surface area contributed by atoms with Crippen LogP contribution in [0.15, 0.2) is 0 Å². The number of hydrogen-bond acceptors (Lipinski definition) is 2. The van der Waals surface area contributed by atoms with Crippen molar-refractivity contribution in [2.24, 2.45) is 5.73 Å². The first-order valence-electron chi connectivity index (χ1n) is 2.07. The highest BCUT2D eigenvalue weighted by Gasteiger charge is 1.93. The van der Waals surface area contributed by atoms with Gasteiger partial charge in [-0.2, -0.15) is 0 Å². The summed E-state index contributed by atoms with van der Waals surface area (Å²) < 4.78 is 0.382. The van der Waals surface area contributed by atoms with Crippen molar-refractivity contribution >= 4 is 45.8 Å². The Morgan fingerprint density at radius 1 is 1.67 bits per heavy atom. The third-order valence-electron chi connectivity index (χ3n) is 0.446. The van der Waals surface area contributed by atoms with Crippen LogP contribution in [0.1, 0.15) is 0 Å². The van der Waals surface area contributed by atoms with Crippen LogP contribution in [0.4, 0.5) is 0 Å². The molecule has 0 fully saturated rings. The van der Waals surface area contributed by atoms with Gasteiger partial charge in [0.2, 0.25) is 5.91 Å². The third kappa shape index (κ3) is 5.77. The summed E-state index contributed by atoms with van der Waals surface area (Å²) in [6, 6.07) is 0. The number of alkyl halides is 1. The van der Waals surface area contributed by atoms with Crippen LogP contribution in [0.3, 0.4) is 0 Å². The van der Waals surface area contributed by atoms with Gasteiger partial charge in [-0.15, -0.1) is 0 Å². The average molecular weight is 259 g/mol. The Morgan fingerprint density at radius 2 is 2.22 bits per heavy atom. The molecule has 0 aliphatic rings. The molecule has 0 aromatic heterocycles. The Hall–Kier alpha value is -0.110. The summed E-state index contributed by atoms with van der Waals surface area (Å²) in [6.07, 6.45) is 0. The van der Waals surface area contributed by atoms with Crippen molar-refractivity contribution in [3.8, 4) is 0 Å². The van der Waals surface area contributed by atoms with E-state index >= 15 is 0 Å². The van der Waals surface area contributed by atoms with Crippen LogP contribution in [-0.2, 0) is 4.79 Å². The SMILES string of the molecule is NC(=S)NNC(=O)CI. The third-order valence-corrected chi connectivity index (χ3v) is 1.24. The molecule has 1 amide bonds. The van der Waals surface area contributed by atoms with Crippen molar-refractivity contribution < 1.29 is 4.79 Å². The van der Waals surface area contributed by atoms with Crippen molar-refractivity contribution in [2.45, 2.75) is 0 Å². The van der Waals surface area contributed by atoms with Crippen LogP contribution in [0.5, 0.6) is 0 Å². The fraction of sp³-hybridized carbons (Fsp3) is 0.333. The van der Waals surface area contributed by atoms with Gasteiger partial charge in [0, 0.05) is 0 Å². The Balaban J connectivity index is 3.28. The highest BCUT2D eigenvalue weighted by Crippen LogP contribution is 1.76. The zero-order chi connectivity index (χ0) is 7.28. The molecule has 0 saturated carbocycles. The van der Waals surface area contributed by atoms with Gasteiger partial charge in [0.1, 0.15) is 0 Å². The summed E-state index contributed by atoms with van der Waals surface area (Å²) in [5.41, 5.74) is 9.57. The Kier molecular flexibility index (Phi) is 4.68. The van der Waals surface area contributed by atoms with E-state index in [1.807, 2.05) is 22.6 Å². The topological polar surface area (TPSA) is 67.2 Å². The normalized spacial score (nSPS) is 8.11. The van der Waals surface area contributed by atoms with Crippen LogP contribution < -0.4 is 16.6 Å². The first-order valence-corrected chi connectivity index (χ1v) is 4.00. The highest BCUT2D eigenvalue weighted by molar-refractivity contribution is 14.1. The molecule has 0 unspecified atom stereocenters. The molecule has 0 aliphatic carbocycles. The van der Waals surface area contributed by atoms with Gasteiger partial charge in [-0.25, -0.2) is 0 Å². The molecular weight excluding hydrogens is 253 g/mol. The second-order valence-corrected chi connectivity index (χ2v) is 2.37. The van der Waals surface area contributed by atoms with E-state index in [4.69, 9.17) is 5.73 Å². The largest absolute Gasteiger partial charge is 0.375 e. The zero-order valence-corrected chi connectivity index (χ0v) is 7.45. The van der Waals surface area contributed by atoms with E-state index in [-0.39, 0.29) is 11.0 Å². The monoisotopic (exact) mass is 259 g/mol. The lowest BCUT2D eigenvalue weighted by atomic mass is 10.8. The molecule has 0 atom stereocenters. The van der Waals surface area contributed by atoms with Crippen molar-refractivity contribution in [3.05, 3.63) is 0 Å². The molecule has 0 rings (SSSR count). The number of nitrogens with two attached hydrogens (primary N) is 1. The van der Waals surface area contributed by atoms with Crippen molar-refractivity contribution in [2.75, 3.05) is 4.43 Å². The van der Waals surface area contributed by atoms with E-state index < -0.39 is 0 Å². The van der Waals surface area contributed by atoms with Crippen LogP contribution in [-0.4, -0.2) is 15.4 Å². The van der Waals surface area contributed by atoms with E-state index in [2.05, 4.69) is 23.1 Å². The number of nitrogens with one attached hydrogen (secondary N) is 2. The van der Waals surface area contributed by atoms with Gasteiger partial charge in [-0.1, -0.05) is 22.6 Å². The van der Waals surface area contributed by atoms with Gasteiger partial charge in [0.15, 0.2) is 5.11 Å². The van der Waals surface area contributed by atoms with E-state index in [0.29, 0.717) is 4.43 Å². The standard InChI is InChI=1S/C3H6IN3OS/c4-1-2(8)6-7-3(5)9/h1H2,(H,6,8)(H3,5,7,9). The lowest BCUT2D eigenvalue weighted by Gasteiger charge is -2.02. The van der Waals surface area contributed by atoms with Crippen molar-refractivity contribution in [3.63, 3.8) is 0 Å². The van der Waals surface area contributed by atoms with Gasteiger partial charge >= 0.3 is 0 Å². The molecule has 0 aliphatic heterocycles. The van der Waals surface area contributed by atoms with Gasteiger partial charge in [0.25, 0.3) is 0 Å². The molecule has 0 aromatic rings. The number of thiocarbonyl (C=S) groups is 1. The van der Waals surface area contributed by atoms with Crippen LogP contribution in [0.25, 0.3) is 0 Å². The van der Waals surface area contributed by atoms with Crippen LogP contribution in [0.2, 0.25) is 0 Å². The number of carbonyl (C=O) groups is 1. The van der Waals surface area contributed by atoms with Crippen LogP contribution >= 0.6 is 34.8 Å². The molecule has 0 aromatic carbocycles. The van der Waals surface area contributed by atoms with Crippen molar-refractivity contribution in [1.82, 2.24) is 10.9 Å². The molecule has 0 heterocycles. The van der Waals surface area contributed by atoms with Crippen LogP contribution in [0, 0.1) is 0 Å². The van der Waals surface area contributed by atoms with E-state index in [9.17, 15) is 4.79 Å². The van der Waals surface area contributed by atoms with E-state index in [0.717, 1.165) is 0 Å². The summed E-state index contributed by atoms with van der Waals surface area (Å²) in [5.74, 6) is -0.150. The lowest BCUT2D eigenvalue weighted by Crippen LogP contribution is -2.44. The van der Waals surface area contributed by atoms with Crippen molar-refractivity contribution in [1.29, 1.82) is 0 Å². The molecule has 0 saturated heterocycles. The lowest BCUT2D eigenvalue weighted by molar-refractivity contribution is -0.118. The molecule has 9 heavy (non-hydrogen) atoms.